The Hall–Kier alpha value is -3.31. The fourth-order valence-corrected chi connectivity index (χ4v) is 3.74. The fraction of sp³-hybridized carbons (Fsp3) is 0.130. The summed E-state index contributed by atoms with van der Waals surface area (Å²) < 4.78 is 5.37. The van der Waals surface area contributed by atoms with E-state index in [1.54, 1.807) is 48.5 Å². The minimum absolute atomic E-state index is 0.0125. The Bertz CT molecular complexity index is 1100. The largest absolute Gasteiger partial charge is 0.507 e. The second-order valence-electron chi connectivity index (χ2n) is 6.89. The highest BCUT2D eigenvalue weighted by Crippen LogP contribution is 2.42. The van der Waals surface area contributed by atoms with Crippen LogP contribution in [-0.4, -0.2) is 21.7 Å². The maximum Gasteiger partial charge on any atom is 0.296 e. The van der Waals surface area contributed by atoms with Gasteiger partial charge in [-0.15, -0.1) is 0 Å². The van der Waals surface area contributed by atoms with E-state index in [0.29, 0.717) is 21.9 Å². The molecule has 1 N–H and O–H groups in total. The van der Waals surface area contributed by atoms with Crippen molar-refractivity contribution in [3.8, 4) is 0 Å². The van der Waals surface area contributed by atoms with Crippen LogP contribution in [0.3, 0.4) is 0 Å². The van der Waals surface area contributed by atoms with Gasteiger partial charge in [0, 0.05) is 10.6 Å². The van der Waals surface area contributed by atoms with Crippen LogP contribution >= 0.6 is 11.6 Å². The fourth-order valence-electron chi connectivity index (χ4n) is 3.50. The van der Waals surface area contributed by atoms with E-state index in [2.05, 4.69) is 0 Å². The first-order chi connectivity index (χ1) is 14.0. The molecule has 146 valence electrons. The molecule has 5 nitrogen and oxygen atoms in total. The number of aryl methyl sites for hydroxylation is 1. The lowest BCUT2D eigenvalue weighted by Gasteiger charge is -2.25. The van der Waals surface area contributed by atoms with E-state index < -0.39 is 17.7 Å². The lowest BCUT2D eigenvalue weighted by atomic mass is 9.95. The average molecular weight is 408 g/mol. The molecule has 29 heavy (non-hydrogen) atoms. The summed E-state index contributed by atoms with van der Waals surface area (Å²) in [4.78, 5) is 27.2. The molecule has 6 heteroatoms. The summed E-state index contributed by atoms with van der Waals surface area (Å²) >= 11 is 6.41. The van der Waals surface area contributed by atoms with Gasteiger partial charge in [-0.25, -0.2) is 0 Å². The molecule has 0 bridgehead atoms. The molecule has 1 aliphatic heterocycles. The van der Waals surface area contributed by atoms with Crippen molar-refractivity contribution in [2.24, 2.45) is 0 Å². The molecule has 2 heterocycles. The molecular weight excluding hydrogens is 390 g/mol. The first kappa shape index (κ1) is 19.0. The molecule has 0 aliphatic carbocycles. The van der Waals surface area contributed by atoms with Gasteiger partial charge in [0.1, 0.15) is 11.5 Å². The van der Waals surface area contributed by atoms with Crippen LogP contribution < -0.4 is 0 Å². The maximum absolute atomic E-state index is 12.9. The second kappa shape index (κ2) is 7.60. The van der Waals surface area contributed by atoms with Crippen LogP contribution in [0.5, 0.6) is 0 Å². The highest BCUT2D eigenvalue weighted by molar-refractivity contribution is 6.46. The van der Waals surface area contributed by atoms with Crippen LogP contribution in [0.1, 0.15) is 28.5 Å². The number of carbonyl (C=O) groups is 2. The van der Waals surface area contributed by atoms with Crippen molar-refractivity contribution in [3.05, 3.63) is 100.0 Å². The highest BCUT2D eigenvalue weighted by atomic mass is 35.5. The third-order valence-electron chi connectivity index (χ3n) is 4.97. The summed E-state index contributed by atoms with van der Waals surface area (Å²) in [5.74, 6) is -1.16. The molecule has 1 atom stereocenters. The molecule has 1 saturated heterocycles. The number of amides is 1. The number of ketones is 1. The summed E-state index contributed by atoms with van der Waals surface area (Å²) in [6.45, 7) is 2.01. The molecule has 2 aromatic carbocycles. The van der Waals surface area contributed by atoms with Crippen molar-refractivity contribution in [1.29, 1.82) is 0 Å². The number of nitrogens with zero attached hydrogens (tertiary/aromatic N) is 1. The molecule has 0 radical (unpaired) electrons. The standard InChI is InChI=1S/C23H18ClNO4/c1-14-8-10-15(11-9-14)21(26)19-20(17-6-2-3-7-18(17)24)25(23(28)22(19)27)13-16-5-4-12-29-16/h2-12,20,26H,13H2,1H3/t20-/m1/s1. The van der Waals surface area contributed by atoms with Crippen LogP contribution in [0.25, 0.3) is 5.76 Å². The smallest absolute Gasteiger partial charge is 0.296 e. The molecule has 1 amide bonds. The van der Waals surface area contributed by atoms with Gasteiger partial charge in [0.25, 0.3) is 11.7 Å². The van der Waals surface area contributed by atoms with Gasteiger partial charge in [0.2, 0.25) is 0 Å². The molecule has 0 saturated carbocycles. The van der Waals surface area contributed by atoms with Gasteiger partial charge in [0.05, 0.1) is 24.4 Å². The van der Waals surface area contributed by atoms with Crippen molar-refractivity contribution in [2.45, 2.75) is 19.5 Å². The predicted molar refractivity (Wildman–Crippen MR) is 109 cm³/mol. The van der Waals surface area contributed by atoms with Crippen molar-refractivity contribution in [2.75, 3.05) is 0 Å². The van der Waals surface area contributed by atoms with Gasteiger partial charge >= 0.3 is 0 Å². The van der Waals surface area contributed by atoms with Gasteiger partial charge in [-0.2, -0.15) is 0 Å². The van der Waals surface area contributed by atoms with Gasteiger partial charge in [0.15, 0.2) is 0 Å². The van der Waals surface area contributed by atoms with Crippen LogP contribution in [0, 0.1) is 6.92 Å². The number of aliphatic hydroxyl groups excluding tert-OH is 1. The molecule has 3 aromatic rings. The summed E-state index contributed by atoms with van der Waals surface area (Å²) in [6.07, 6.45) is 1.50. The van der Waals surface area contributed by atoms with Crippen molar-refractivity contribution >= 4 is 29.1 Å². The lowest BCUT2D eigenvalue weighted by molar-refractivity contribution is -0.140. The third kappa shape index (κ3) is 3.45. The van der Waals surface area contributed by atoms with Gasteiger partial charge in [-0.3, -0.25) is 9.59 Å². The van der Waals surface area contributed by atoms with E-state index in [9.17, 15) is 14.7 Å². The monoisotopic (exact) mass is 407 g/mol. The first-order valence-electron chi connectivity index (χ1n) is 9.09. The minimum Gasteiger partial charge on any atom is -0.507 e. The number of rotatable bonds is 4. The molecule has 0 unspecified atom stereocenters. The molecule has 1 aliphatic rings. The number of hydrogen-bond donors (Lipinski definition) is 1. The lowest BCUT2D eigenvalue weighted by Crippen LogP contribution is -2.29. The average Bonchev–Trinajstić information content (AvgIpc) is 3.31. The van der Waals surface area contributed by atoms with Crippen LogP contribution in [0.15, 0.2) is 76.9 Å². The van der Waals surface area contributed by atoms with E-state index in [4.69, 9.17) is 16.0 Å². The molecule has 1 aromatic heterocycles. The quantitative estimate of drug-likeness (QED) is 0.381. The Morgan fingerprint density at radius 2 is 1.79 bits per heavy atom. The van der Waals surface area contributed by atoms with Gasteiger partial charge < -0.3 is 14.4 Å². The highest BCUT2D eigenvalue weighted by Gasteiger charge is 2.47. The van der Waals surface area contributed by atoms with Gasteiger partial charge in [-0.1, -0.05) is 59.6 Å². The Balaban J connectivity index is 1.89. The number of benzene rings is 2. The normalized spacial score (nSPS) is 18.4. The predicted octanol–water partition coefficient (Wildman–Crippen LogP) is 4.86. The van der Waals surface area contributed by atoms with Crippen LogP contribution in [-0.2, 0) is 16.1 Å². The third-order valence-corrected chi connectivity index (χ3v) is 5.32. The van der Waals surface area contributed by atoms with E-state index in [-0.39, 0.29) is 17.9 Å². The summed E-state index contributed by atoms with van der Waals surface area (Å²) in [5.41, 5.74) is 2.05. The zero-order chi connectivity index (χ0) is 20.5. The summed E-state index contributed by atoms with van der Waals surface area (Å²) in [7, 11) is 0. The Morgan fingerprint density at radius 1 is 1.07 bits per heavy atom. The number of Topliss-reactive ketones (excluding diaryl/α,β-unsaturated/α-hetero) is 1. The molecule has 0 spiro atoms. The zero-order valence-electron chi connectivity index (χ0n) is 15.6. The van der Waals surface area contributed by atoms with Gasteiger partial charge in [-0.05, 0) is 30.7 Å². The van der Waals surface area contributed by atoms with Crippen LogP contribution in [0.4, 0.5) is 0 Å². The molecule has 4 rings (SSSR count). The Kier molecular flexibility index (Phi) is 4.99. The molecule has 1 fully saturated rings. The number of furan rings is 1. The van der Waals surface area contributed by atoms with E-state index in [1.807, 2.05) is 19.1 Å². The number of hydrogen-bond acceptors (Lipinski definition) is 4. The van der Waals surface area contributed by atoms with Crippen LogP contribution in [0.2, 0.25) is 5.02 Å². The van der Waals surface area contributed by atoms with E-state index >= 15 is 0 Å². The van der Waals surface area contributed by atoms with Crippen molar-refractivity contribution in [3.63, 3.8) is 0 Å². The number of halogens is 1. The summed E-state index contributed by atoms with van der Waals surface area (Å²) in [6, 6.07) is 16.7. The topological polar surface area (TPSA) is 70.8 Å². The zero-order valence-corrected chi connectivity index (χ0v) is 16.4. The number of carbonyl (C=O) groups excluding carboxylic acids is 2. The van der Waals surface area contributed by atoms with E-state index in [1.165, 1.54) is 11.2 Å². The van der Waals surface area contributed by atoms with E-state index in [0.717, 1.165) is 5.56 Å². The minimum atomic E-state index is -0.824. The number of likely N-dealkylation sites (tertiary alicyclic amines) is 1. The molecular formula is C23H18ClNO4. The first-order valence-corrected chi connectivity index (χ1v) is 9.47. The Morgan fingerprint density at radius 3 is 2.45 bits per heavy atom. The Labute approximate surface area is 172 Å². The maximum atomic E-state index is 12.9. The number of aliphatic hydroxyl groups is 1. The SMILES string of the molecule is Cc1ccc(C(O)=C2C(=O)C(=O)N(Cc3ccco3)[C@@H]2c2ccccc2Cl)cc1. The van der Waals surface area contributed by atoms with Crippen molar-refractivity contribution < 1.29 is 19.1 Å². The summed E-state index contributed by atoms with van der Waals surface area (Å²) in [5, 5.41) is 11.4. The second-order valence-corrected chi connectivity index (χ2v) is 7.30. The van der Waals surface area contributed by atoms with Crippen molar-refractivity contribution in [1.82, 2.24) is 4.90 Å².